The van der Waals surface area contributed by atoms with Crippen LogP contribution in [0.4, 0.5) is 0 Å². The van der Waals surface area contributed by atoms with Gasteiger partial charge >= 0.3 is 0 Å². The van der Waals surface area contributed by atoms with Crippen molar-refractivity contribution in [1.29, 1.82) is 0 Å². The molecule has 144 valence electrons. The van der Waals surface area contributed by atoms with Gasteiger partial charge in [0, 0.05) is 12.4 Å². The van der Waals surface area contributed by atoms with E-state index in [-0.39, 0.29) is 6.61 Å². The van der Waals surface area contributed by atoms with Crippen LogP contribution in [0, 0.1) is 0 Å². The Hall–Kier alpha value is -3.74. The lowest BCUT2D eigenvalue weighted by Gasteiger charge is -2.12. The fourth-order valence-electron chi connectivity index (χ4n) is 2.56. The first kappa shape index (κ1) is 19.0. The molecular formula is C21H21N3O4. The van der Waals surface area contributed by atoms with E-state index in [0.717, 1.165) is 5.75 Å². The van der Waals surface area contributed by atoms with E-state index in [1.165, 1.54) is 0 Å². The van der Waals surface area contributed by atoms with Crippen molar-refractivity contribution < 1.29 is 19.1 Å². The summed E-state index contributed by atoms with van der Waals surface area (Å²) in [6.07, 6.45) is 3.69. The SMILES string of the molecule is CCOc1ccc(OCC(=O)NNC(=O)c2ccccc2-n2cccc2)cc1. The van der Waals surface area contributed by atoms with Gasteiger partial charge in [-0.3, -0.25) is 20.4 Å². The molecule has 0 unspecified atom stereocenters. The second-order valence-electron chi connectivity index (χ2n) is 5.80. The third-order valence-electron chi connectivity index (χ3n) is 3.85. The van der Waals surface area contributed by atoms with Crippen LogP contribution in [0.2, 0.25) is 0 Å². The molecule has 1 heterocycles. The number of aromatic nitrogens is 1. The summed E-state index contributed by atoms with van der Waals surface area (Å²) in [5, 5.41) is 0. The summed E-state index contributed by atoms with van der Waals surface area (Å²) in [5.74, 6) is 0.371. The van der Waals surface area contributed by atoms with E-state index < -0.39 is 11.8 Å². The number of rotatable bonds is 7. The Kier molecular flexibility index (Phi) is 6.30. The quantitative estimate of drug-likeness (QED) is 0.619. The van der Waals surface area contributed by atoms with Crippen LogP contribution in [-0.4, -0.2) is 29.6 Å². The highest BCUT2D eigenvalue weighted by molar-refractivity contribution is 5.98. The lowest BCUT2D eigenvalue weighted by molar-refractivity contribution is -0.123. The van der Waals surface area contributed by atoms with Gasteiger partial charge < -0.3 is 14.0 Å². The molecule has 0 saturated carbocycles. The largest absolute Gasteiger partial charge is 0.494 e. The summed E-state index contributed by atoms with van der Waals surface area (Å²) < 4.78 is 12.6. The fourth-order valence-corrected chi connectivity index (χ4v) is 2.56. The van der Waals surface area contributed by atoms with Crippen molar-refractivity contribution >= 4 is 11.8 Å². The van der Waals surface area contributed by atoms with E-state index in [0.29, 0.717) is 23.6 Å². The number of carbonyl (C=O) groups is 2. The normalized spacial score (nSPS) is 10.2. The van der Waals surface area contributed by atoms with Crippen molar-refractivity contribution in [2.45, 2.75) is 6.92 Å². The van der Waals surface area contributed by atoms with Crippen LogP contribution in [-0.2, 0) is 4.79 Å². The average molecular weight is 379 g/mol. The molecule has 0 aliphatic heterocycles. The first-order valence-corrected chi connectivity index (χ1v) is 8.84. The molecule has 0 aliphatic rings. The van der Waals surface area contributed by atoms with Crippen LogP contribution in [0.5, 0.6) is 11.5 Å². The van der Waals surface area contributed by atoms with Crippen LogP contribution in [0.15, 0.2) is 73.1 Å². The number of amides is 2. The first-order valence-electron chi connectivity index (χ1n) is 8.84. The smallest absolute Gasteiger partial charge is 0.276 e. The highest BCUT2D eigenvalue weighted by atomic mass is 16.5. The van der Waals surface area contributed by atoms with Crippen LogP contribution in [0.1, 0.15) is 17.3 Å². The summed E-state index contributed by atoms with van der Waals surface area (Å²) in [6, 6.07) is 17.8. The molecule has 0 bridgehead atoms. The number of hydrazine groups is 1. The van der Waals surface area contributed by atoms with Gasteiger partial charge in [-0.1, -0.05) is 12.1 Å². The third-order valence-corrected chi connectivity index (χ3v) is 3.85. The molecule has 0 spiro atoms. The Balaban J connectivity index is 1.52. The number of para-hydroxylation sites is 1. The summed E-state index contributed by atoms with van der Waals surface area (Å²) >= 11 is 0. The molecule has 2 aromatic carbocycles. The minimum atomic E-state index is -0.472. The number of benzene rings is 2. The van der Waals surface area contributed by atoms with Crippen molar-refractivity contribution in [3.8, 4) is 17.2 Å². The first-order chi connectivity index (χ1) is 13.7. The number of carbonyl (C=O) groups excluding carboxylic acids is 2. The third kappa shape index (κ3) is 4.91. The Morgan fingerprint density at radius 3 is 2.18 bits per heavy atom. The lowest BCUT2D eigenvalue weighted by atomic mass is 10.1. The second kappa shape index (κ2) is 9.27. The van der Waals surface area contributed by atoms with Gasteiger partial charge in [0.15, 0.2) is 6.61 Å². The zero-order valence-corrected chi connectivity index (χ0v) is 15.4. The Bertz CT molecular complexity index is 921. The summed E-state index contributed by atoms with van der Waals surface area (Å²) in [5.41, 5.74) is 5.92. The molecule has 0 atom stereocenters. The maximum atomic E-state index is 12.4. The van der Waals surface area contributed by atoms with E-state index in [4.69, 9.17) is 9.47 Å². The Labute approximate surface area is 162 Å². The Morgan fingerprint density at radius 1 is 0.857 bits per heavy atom. The van der Waals surface area contributed by atoms with Gasteiger partial charge in [-0.05, 0) is 55.5 Å². The predicted molar refractivity (Wildman–Crippen MR) is 104 cm³/mol. The van der Waals surface area contributed by atoms with Gasteiger partial charge in [0.1, 0.15) is 11.5 Å². The molecule has 1 aromatic heterocycles. The van der Waals surface area contributed by atoms with Crippen LogP contribution in [0.3, 0.4) is 0 Å². The molecular weight excluding hydrogens is 358 g/mol. The van der Waals surface area contributed by atoms with Crippen LogP contribution < -0.4 is 20.3 Å². The molecule has 2 amide bonds. The zero-order chi connectivity index (χ0) is 19.8. The zero-order valence-electron chi connectivity index (χ0n) is 15.4. The topological polar surface area (TPSA) is 81.6 Å². The van der Waals surface area contributed by atoms with Gasteiger partial charge in [-0.2, -0.15) is 0 Å². The molecule has 7 heteroatoms. The van der Waals surface area contributed by atoms with Crippen molar-refractivity contribution in [2.75, 3.05) is 13.2 Å². The maximum Gasteiger partial charge on any atom is 0.276 e. The molecule has 2 N–H and O–H groups in total. The molecule has 28 heavy (non-hydrogen) atoms. The van der Waals surface area contributed by atoms with Gasteiger partial charge in [-0.25, -0.2) is 0 Å². The second-order valence-corrected chi connectivity index (χ2v) is 5.80. The van der Waals surface area contributed by atoms with Crippen molar-refractivity contribution in [3.05, 3.63) is 78.6 Å². The van der Waals surface area contributed by atoms with Crippen molar-refractivity contribution in [2.24, 2.45) is 0 Å². The van der Waals surface area contributed by atoms with Crippen molar-refractivity contribution in [1.82, 2.24) is 15.4 Å². The van der Waals surface area contributed by atoms with E-state index in [1.807, 2.05) is 48.1 Å². The lowest BCUT2D eigenvalue weighted by Crippen LogP contribution is -2.44. The summed E-state index contributed by atoms with van der Waals surface area (Å²) in [4.78, 5) is 24.4. The number of nitrogens with one attached hydrogen (secondary N) is 2. The highest BCUT2D eigenvalue weighted by Gasteiger charge is 2.13. The van der Waals surface area contributed by atoms with Crippen LogP contribution in [0.25, 0.3) is 5.69 Å². The molecule has 3 rings (SSSR count). The standard InChI is InChI=1S/C21H21N3O4/c1-2-27-16-9-11-17(12-10-16)28-15-20(25)22-23-21(26)18-7-3-4-8-19(18)24-13-5-6-14-24/h3-14H,2,15H2,1H3,(H,22,25)(H,23,26). The average Bonchev–Trinajstić information content (AvgIpc) is 3.26. The minimum Gasteiger partial charge on any atom is -0.494 e. The minimum absolute atomic E-state index is 0.229. The molecule has 0 fully saturated rings. The molecule has 3 aromatic rings. The van der Waals surface area contributed by atoms with Gasteiger partial charge in [0.25, 0.3) is 11.8 Å². The van der Waals surface area contributed by atoms with Gasteiger partial charge in [0.05, 0.1) is 17.9 Å². The molecule has 0 aliphatic carbocycles. The molecule has 0 radical (unpaired) electrons. The predicted octanol–water partition coefficient (Wildman–Crippen LogP) is 2.72. The summed E-state index contributed by atoms with van der Waals surface area (Å²) in [7, 11) is 0. The van der Waals surface area contributed by atoms with E-state index in [9.17, 15) is 9.59 Å². The monoisotopic (exact) mass is 379 g/mol. The maximum absolute atomic E-state index is 12.4. The van der Waals surface area contributed by atoms with E-state index >= 15 is 0 Å². The molecule has 0 saturated heterocycles. The number of ether oxygens (including phenoxy) is 2. The molecule has 7 nitrogen and oxygen atoms in total. The highest BCUT2D eigenvalue weighted by Crippen LogP contribution is 2.17. The number of nitrogens with zero attached hydrogens (tertiary/aromatic N) is 1. The van der Waals surface area contributed by atoms with E-state index in [2.05, 4.69) is 10.9 Å². The van der Waals surface area contributed by atoms with Crippen molar-refractivity contribution in [3.63, 3.8) is 0 Å². The number of hydrogen-bond acceptors (Lipinski definition) is 4. The fraction of sp³-hybridized carbons (Fsp3) is 0.143. The van der Waals surface area contributed by atoms with Gasteiger partial charge in [0.2, 0.25) is 0 Å². The number of hydrogen-bond donors (Lipinski definition) is 2. The van der Waals surface area contributed by atoms with Crippen LogP contribution >= 0.6 is 0 Å². The van der Waals surface area contributed by atoms with E-state index in [1.54, 1.807) is 36.4 Å². The van der Waals surface area contributed by atoms with Gasteiger partial charge in [-0.15, -0.1) is 0 Å². The Morgan fingerprint density at radius 2 is 1.50 bits per heavy atom. The summed E-state index contributed by atoms with van der Waals surface area (Å²) in [6.45, 7) is 2.25.